The van der Waals surface area contributed by atoms with Gasteiger partial charge in [-0.1, -0.05) is 12.1 Å². The first kappa shape index (κ1) is 14.4. The van der Waals surface area contributed by atoms with E-state index in [1.807, 2.05) is 0 Å². The molecular weight excluding hydrogens is 260 g/mol. The molecule has 0 bridgehead atoms. The lowest BCUT2D eigenvalue weighted by Crippen LogP contribution is -2.12. The van der Waals surface area contributed by atoms with E-state index in [4.69, 9.17) is 21.3 Å². The monoisotopic (exact) mass is 280 g/mol. The molecule has 1 aromatic heterocycles. The van der Waals surface area contributed by atoms with Crippen LogP contribution in [-0.2, 0) is 11.2 Å². The summed E-state index contributed by atoms with van der Waals surface area (Å²) in [6.07, 6.45) is 1.78. The molecule has 0 amide bonds. The highest BCUT2D eigenvalue weighted by Crippen LogP contribution is 2.26. The number of alkyl halides is 1. The quantitative estimate of drug-likeness (QED) is 0.754. The predicted octanol–water partition coefficient (Wildman–Crippen LogP) is 3.72. The fraction of sp³-hybridized carbons (Fsp3) is 0.533. The lowest BCUT2D eigenvalue weighted by Gasteiger charge is -2.18. The molecule has 0 aliphatic rings. The van der Waals surface area contributed by atoms with Crippen molar-refractivity contribution >= 4 is 22.6 Å². The third-order valence-electron chi connectivity index (χ3n) is 3.48. The largest absolute Gasteiger partial charge is 0.385 e. The van der Waals surface area contributed by atoms with Crippen molar-refractivity contribution in [2.24, 2.45) is 0 Å². The van der Waals surface area contributed by atoms with Crippen molar-refractivity contribution in [3.05, 3.63) is 29.6 Å². The third-order valence-corrected chi connectivity index (χ3v) is 3.67. The maximum Gasteiger partial charge on any atom is 0.111 e. The standard InChI is InChI=1S/C15H21ClN2O/c1-11-5-4-6-13-15(11)18(12(2)8-10-19-3)14(17-13)7-9-16/h4-6,12H,7-10H2,1-3H3. The average Bonchev–Trinajstić information content (AvgIpc) is 2.76. The van der Waals surface area contributed by atoms with Crippen molar-refractivity contribution in [2.75, 3.05) is 19.6 Å². The van der Waals surface area contributed by atoms with E-state index in [-0.39, 0.29) is 0 Å². The topological polar surface area (TPSA) is 27.1 Å². The minimum atomic E-state index is 0.365. The number of fused-ring (bicyclic) bond motifs is 1. The van der Waals surface area contributed by atoms with Crippen LogP contribution < -0.4 is 0 Å². The molecular formula is C15H21ClN2O. The van der Waals surface area contributed by atoms with Crippen LogP contribution in [0.15, 0.2) is 18.2 Å². The molecule has 0 fully saturated rings. The Balaban J connectivity index is 2.50. The average molecular weight is 281 g/mol. The lowest BCUT2D eigenvalue weighted by atomic mass is 10.1. The Morgan fingerprint density at radius 3 is 2.89 bits per heavy atom. The number of ether oxygens (including phenoxy) is 1. The molecule has 1 aromatic carbocycles. The molecule has 4 heteroatoms. The van der Waals surface area contributed by atoms with Crippen LogP contribution in [0.25, 0.3) is 11.0 Å². The number of methoxy groups -OCH3 is 1. The molecule has 19 heavy (non-hydrogen) atoms. The van der Waals surface area contributed by atoms with Crippen molar-refractivity contribution in [1.82, 2.24) is 9.55 Å². The number of hydrogen-bond acceptors (Lipinski definition) is 2. The van der Waals surface area contributed by atoms with E-state index in [1.165, 1.54) is 11.1 Å². The van der Waals surface area contributed by atoms with Gasteiger partial charge in [-0.15, -0.1) is 11.6 Å². The van der Waals surface area contributed by atoms with Crippen molar-refractivity contribution < 1.29 is 4.74 Å². The maximum atomic E-state index is 5.91. The Labute approximate surface area is 119 Å². The van der Waals surface area contributed by atoms with Crippen molar-refractivity contribution in [3.63, 3.8) is 0 Å². The summed E-state index contributed by atoms with van der Waals surface area (Å²) < 4.78 is 7.52. The van der Waals surface area contributed by atoms with Gasteiger partial charge in [0.15, 0.2) is 0 Å². The summed E-state index contributed by atoms with van der Waals surface area (Å²) in [4.78, 5) is 4.73. The first-order chi connectivity index (χ1) is 9.19. The Hall–Kier alpha value is -1.06. The van der Waals surface area contributed by atoms with Gasteiger partial charge in [0.2, 0.25) is 0 Å². The number of benzene rings is 1. The number of hydrogen-bond donors (Lipinski definition) is 0. The minimum Gasteiger partial charge on any atom is -0.385 e. The van der Waals surface area contributed by atoms with Crippen LogP contribution >= 0.6 is 11.6 Å². The number of para-hydroxylation sites is 1. The Bertz CT molecular complexity index is 550. The molecule has 1 heterocycles. The van der Waals surface area contributed by atoms with E-state index >= 15 is 0 Å². The molecule has 3 nitrogen and oxygen atoms in total. The van der Waals surface area contributed by atoms with E-state index < -0.39 is 0 Å². The van der Waals surface area contributed by atoms with Crippen molar-refractivity contribution in [2.45, 2.75) is 32.7 Å². The summed E-state index contributed by atoms with van der Waals surface area (Å²) in [6.45, 7) is 5.10. The Morgan fingerprint density at radius 2 is 2.21 bits per heavy atom. The van der Waals surface area contributed by atoms with E-state index in [1.54, 1.807) is 7.11 Å². The molecule has 2 rings (SSSR count). The first-order valence-corrected chi connectivity index (χ1v) is 7.23. The number of imidazole rings is 1. The molecule has 2 aromatic rings. The summed E-state index contributed by atoms with van der Waals surface area (Å²) in [5.74, 6) is 1.67. The molecule has 104 valence electrons. The highest BCUT2D eigenvalue weighted by atomic mass is 35.5. The molecule has 0 N–H and O–H groups in total. The fourth-order valence-corrected chi connectivity index (χ4v) is 2.69. The number of nitrogens with zero attached hydrogens (tertiary/aromatic N) is 2. The maximum absolute atomic E-state index is 5.91. The number of halogens is 1. The molecule has 0 saturated heterocycles. The lowest BCUT2D eigenvalue weighted by molar-refractivity contribution is 0.181. The zero-order chi connectivity index (χ0) is 13.8. The molecule has 0 radical (unpaired) electrons. The second kappa shape index (κ2) is 6.40. The van der Waals surface area contributed by atoms with Gasteiger partial charge in [-0.2, -0.15) is 0 Å². The van der Waals surface area contributed by atoms with Crippen LogP contribution in [0.3, 0.4) is 0 Å². The van der Waals surface area contributed by atoms with Gasteiger partial charge in [-0.05, 0) is 31.9 Å². The summed E-state index contributed by atoms with van der Waals surface area (Å²) in [6, 6.07) is 6.62. The van der Waals surface area contributed by atoms with Crippen LogP contribution in [0.1, 0.15) is 30.8 Å². The van der Waals surface area contributed by atoms with Gasteiger partial charge in [-0.25, -0.2) is 4.98 Å². The van der Waals surface area contributed by atoms with Gasteiger partial charge in [0.1, 0.15) is 5.82 Å². The van der Waals surface area contributed by atoms with Gasteiger partial charge in [0.05, 0.1) is 11.0 Å². The SMILES string of the molecule is COCCC(C)n1c(CCCl)nc2cccc(C)c21. The second-order valence-corrected chi connectivity index (χ2v) is 5.29. The van der Waals surface area contributed by atoms with Crippen LogP contribution in [0.2, 0.25) is 0 Å². The van der Waals surface area contributed by atoms with Gasteiger partial charge >= 0.3 is 0 Å². The van der Waals surface area contributed by atoms with Crippen molar-refractivity contribution in [3.8, 4) is 0 Å². The highest BCUT2D eigenvalue weighted by Gasteiger charge is 2.16. The summed E-state index contributed by atoms with van der Waals surface area (Å²) in [5.41, 5.74) is 3.55. The molecule has 1 atom stereocenters. The van der Waals surface area contributed by atoms with Gasteiger partial charge in [-0.3, -0.25) is 0 Å². The predicted molar refractivity (Wildman–Crippen MR) is 80.1 cm³/mol. The summed E-state index contributed by atoms with van der Waals surface area (Å²) in [5, 5.41) is 0. The zero-order valence-corrected chi connectivity index (χ0v) is 12.6. The Morgan fingerprint density at radius 1 is 1.42 bits per heavy atom. The van der Waals surface area contributed by atoms with Crippen LogP contribution in [-0.4, -0.2) is 29.1 Å². The number of aryl methyl sites for hydroxylation is 2. The molecule has 0 saturated carbocycles. The minimum absolute atomic E-state index is 0.365. The molecule has 0 spiro atoms. The molecule has 0 aliphatic carbocycles. The molecule has 1 unspecified atom stereocenters. The summed E-state index contributed by atoms with van der Waals surface area (Å²) in [7, 11) is 1.74. The van der Waals surface area contributed by atoms with Gasteiger partial charge < -0.3 is 9.30 Å². The third kappa shape index (κ3) is 2.93. The Kier molecular flexibility index (Phi) is 4.83. The van der Waals surface area contributed by atoms with Crippen LogP contribution in [0.4, 0.5) is 0 Å². The van der Waals surface area contributed by atoms with Gasteiger partial charge in [0.25, 0.3) is 0 Å². The van der Waals surface area contributed by atoms with E-state index in [9.17, 15) is 0 Å². The number of rotatable bonds is 6. The number of aromatic nitrogens is 2. The van der Waals surface area contributed by atoms with Crippen LogP contribution in [0.5, 0.6) is 0 Å². The van der Waals surface area contributed by atoms with Crippen LogP contribution in [0, 0.1) is 6.92 Å². The van der Waals surface area contributed by atoms with Crippen molar-refractivity contribution in [1.29, 1.82) is 0 Å². The normalized spacial score (nSPS) is 13.1. The highest BCUT2D eigenvalue weighted by molar-refractivity contribution is 6.17. The smallest absolute Gasteiger partial charge is 0.111 e. The van der Waals surface area contributed by atoms with Gasteiger partial charge in [0, 0.05) is 32.1 Å². The second-order valence-electron chi connectivity index (χ2n) is 4.91. The zero-order valence-electron chi connectivity index (χ0n) is 11.8. The van der Waals surface area contributed by atoms with E-state index in [0.717, 1.165) is 30.8 Å². The summed E-state index contributed by atoms with van der Waals surface area (Å²) >= 11 is 5.91. The molecule has 0 aliphatic heterocycles. The van der Waals surface area contributed by atoms with E-state index in [2.05, 4.69) is 36.6 Å². The first-order valence-electron chi connectivity index (χ1n) is 6.70. The fourth-order valence-electron chi connectivity index (χ4n) is 2.52. The van der Waals surface area contributed by atoms with E-state index in [0.29, 0.717) is 11.9 Å².